The van der Waals surface area contributed by atoms with Crippen molar-refractivity contribution in [2.75, 3.05) is 18.6 Å². The van der Waals surface area contributed by atoms with Crippen LogP contribution in [-0.2, 0) is 0 Å². The summed E-state index contributed by atoms with van der Waals surface area (Å²) in [6.07, 6.45) is 1.89. The highest BCUT2D eigenvalue weighted by Gasteiger charge is 2.55. The Labute approximate surface area is 69.7 Å². The molecule has 1 rings (SSSR count). The zero-order valence-corrected chi connectivity index (χ0v) is 7.39. The van der Waals surface area contributed by atoms with E-state index in [9.17, 15) is 8.78 Å². The van der Waals surface area contributed by atoms with Crippen molar-refractivity contribution in [3.8, 4) is 0 Å². The SMILES string of the molecule is CSCC1(CN)CC(F)(F)C1. The summed E-state index contributed by atoms with van der Waals surface area (Å²) in [5.41, 5.74) is 5.17. The van der Waals surface area contributed by atoms with E-state index in [-0.39, 0.29) is 18.3 Å². The lowest BCUT2D eigenvalue weighted by Crippen LogP contribution is -2.51. The molecule has 0 radical (unpaired) electrons. The Morgan fingerprint density at radius 3 is 2.27 bits per heavy atom. The maximum Gasteiger partial charge on any atom is 0.249 e. The normalized spacial score (nSPS) is 26.2. The summed E-state index contributed by atoms with van der Waals surface area (Å²) in [6, 6.07) is 0. The second-order valence-electron chi connectivity index (χ2n) is 3.35. The van der Waals surface area contributed by atoms with Crippen LogP contribution in [0.15, 0.2) is 0 Å². The highest BCUT2D eigenvalue weighted by molar-refractivity contribution is 7.98. The van der Waals surface area contributed by atoms with Crippen LogP contribution in [0, 0.1) is 5.41 Å². The van der Waals surface area contributed by atoms with E-state index in [2.05, 4.69) is 0 Å². The van der Waals surface area contributed by atoms with Crippen molar-refractivity contribution in [3.05, 3.63) is 0 Å². The molecule has 1 nitrogen and oxygen atoms in total. The van der Waals surface area contributed by atoms with Crippen molar-refractivity contribution in [3.63, 3.8) is 0 Å². The van der Waals surface area contributed by atoms with Crippen molar-refractivity contribution in [2.45, 2.75) is 18.8 Å². The molecule has 0 bridgehead atoms. The molecule has 1 aliphatic rings. The van der Waals surface area contributed by atoms with Crippen molar-refractivity contribution in [2.24, 2.45) is 11.1 Å². The Kier molecular flexibility index (Phi) is 2.44. The van der Waals surface area contributed by atoms with Crippen LogP contribution in [0.5, 0.6) is 0 Å². The molecule has 1 fully saturated rings. The number of alkyl halides is 2. The fourth-order valence-corrected chi connectivity index (χ4v) is 2.59. The number of hydrogen-bond acceptors (Lipinski definition) is 2. The van der Waals surface area contributed by atoms with E-state index in [1.807, 2.05) is 6.26 Å². The fourth-order valence-electron chi connectivity index (χ4n) is 1.66. The van der Waals surface area contributed by atoms with Crippen molar-refractivity contribution < 1.29 is 8.78 Å². The molecule has 2 N–H and O–H groups in total. The highest BCUT2D eigenvalue weighted by Crippen LogP contribution is 2.52. The van der Waals surface area contributed by atoms with E-state index in [4.69, 9.17) is 5.73 Å². The lowest BCUT2D eigenvalue weighted by atomic mass is 9.67. The molecule has 66 valence electrons. The molecule has 0 atom stereocenters. The first-order chi connectivity index (χ1) is 5.04. The maximum atomic E-state index is 12.5. The van der Waals surface area contributed by atoms with Gasteiger partial charge in [-0.2, -0.15) is 11.8 Å². The smallest absolute Gasteiger partial charge is 0.249 e. The second kappa shape index (κ2) is 2.90. The molecule has 0 aromatic rings. The Balaban J connectivity index is 2.43. The molecule has 0 unspecified atom stereocenters. The molecule has 0 saturated heterocycles. The van der Waals surface area contributed by atoms with E-state index in [0.29, 0.717) is 6.54 Å². The van der Waals surface area contributed by atoms with Gasteiger partial charge < -0.3 is 5.73 Å². The van der Waals surface area contributed by atoms with Crippen LogP contribution < -0.4 is 5.73 Å². The predicted molar refractivity (Wildman–Crippen MR) is 44.1 cm³/mol. The minimum Gasteiger partial charge on any atom is -0.330 e. The van der Waals surface area contributed by atoms with Gasteiger partial charge >= 0.3 is 0 Å². The largest absolute Gasteiger partial charge is 0.330 e. The van der Waals surface area contributed by atoms with Crippen molar-refractivity contribution >= 4 is 11.8 Å². The Morgan fingerprint density at radius 1 is 1.45 bits per heavy atom. The Morgan fingerprint density at radius 2 is 2.00 bits per heavy atom. The molecule has 0 heterocycles. The molecule has 1 saturated carbocycles. The van der Waals surface area contributed by atoms with Crippen LogP contribution in [0.2, 0.25) is 0 Å². The fraction of sp³-hybridized carbons (Fsp3) is 1.00. The summed E-state index contributed by atoms with van der Waals surface area (Å²) >= 11 is 1.60. The maximum absolute atomic E-state index is 12.5. The van der Waals surface area contributed by atoms with Crippen molar-refractivity contribution in [1.82, 2.24) is 0 Å². The summed E-state index contributed by atoms with van der Waals surface area (Å²) in [5.74, 6) is -1.67. The molecule has 0 aromatic heterocycles. The van der Waals surface area contributed by atoms with Crippen LogP contribution in [0.25, 0.3) is 0 Å². The van der Waals surface area contributed by atoms with E-state index in [1.54, 1.807) is 11.8 Å². The molecule has 0 spiro atoms. The molecule has 0 aliphatic heterocycles. The third-order valence-corrected chi connectivity index (χ3v) is 3.05. The van der Waals surface area contributed by atoms with Gasteiger partial charge in [0, 0.05) is 24.0 Å². The zero-order chi connectivity index (χ0) is 8.54. The van der Waals surface area contributed by atoms with E-state index in [1.165, 1.54) is 0 Å². The van der Waals surface area contributed by atoms with Gasteiger partial charge in [-0.1, -0.05) is 0 Å². The summed E-state index contributed by atoms with van der Waals surface area (Å²) in [4.78, 5) is 0. The summed E-state index contributed by atoms with van der Waals surface area (Å²) < 4.78 is 25.0. The number of thioether (sulfide) groups is 1. The van der Waals surface area contributed by atoms with Gasteiger partial charge in [0.15, 0.2) is 0 Å². The Bertz CT molecular complexity index is 141. The number of rotatable bonds is 3. The molecule has 0 amide bonds. The minimum atomic E-state index is -2.44. The third-order valence-electron chi connectivity index (χ3n) is 2.15. The van der Waals surface area contributed by atoms with Crippen LogP contribution in [-0.4, -0.2) is 24.5 Å². The molecular weight excluding hydrogens is 168 g/mol. The molecule has 0 aromatic carbocycles. The van der Waals surface area contributed by atoms with Gasteiger partial charge in [0.2, 0.25) is 5.92 Å². The average molecular weight is 181 g/mol. The first-order valence-electron chi connectivity index (χ1n) is 3.60. The van der Waals surface area contributed by atoms with E-state index in [0.717, 1.165) is 5.75 Å². The van der Waals surface area contributed by atoms with Gasteiger partial charge in [-0.3, -0.25) is 0 Å². The summed E-state index contributed by atoms with van der Waals surface area (Å²) in [5, 5.41) is 0. The molecule has 4 heteroatoms. The van der Waals surface area contributed by atoms with Gasteiger partial charge in [-0.05, 0) is 12.8 Å². The monoisotopic (exact) mass is 181 g/mol. The lowest BCUT2D eigenvalue weighted by Gasteiger charge is -2.46. The standard InChI is InChI=1S/C7H13F2NS/c1-11-5-6(4-10)2-7(8,9)3-6/h2-5,10H2,1H3. The van der Waals surface area contributed by atoms with Gasteiger partial charge in [-0.15, -0.1) is 0 Å². The van der Waals surface area contributed by atoms with Crippen LogP contribution in [0.4, 0.5) is 8.78 Å². The van der Waals surface area contributed by atoms with Gasteiger partial charge in [0.05, 0.1) is 0 Å². The highest BCUT2D eigenvalue weighted by atomic mass is 32.2. The molecule has 11 heavy (non-hydrogen) atoms. The van der Waals surface area contributed by atoms with Crippen LogP contribution in [0.1, 0.15) is 12.8 Å². The number of halogens is 2. The van der Waals surface area contributed by atoms with E-state index < -0.39 is 5.92 Å². The zero-order valence-electron chi connectivity index (χ0n) is 6.57. The number of nitrogens with two attached hydrogens (primary N) is 1. The quantitative estimate of drug-likeness (QED) is 0.717. The Hall–Kier alpha value is 0.170. The first-order valence-corrected chi connectivity index (χ1v) is 5.00. The average Bonchev–Trinajstić information content (AvgIpc) is 1.84. The minimum absolute atomic E-state index is 0.0165. The van der Waals surface area contributed by atoms with Gasteiger partial charge in [0.25, 0.3) is 0 Å². The third kappa shape index (κ3) is 1.85. The lowest BCUT2D eigenvalue weighted by molar-refractivity contribution is -0.147. The molecule has 1 aliphatic carbocycles. The second-order valence-corrected chi connectivity index (χ2v) is 4.21. The van der Waals surface area contributed by atoms with Crippen LogP contribution in [0.3, 0.4) is 0 Å². The first kappa shape index (κ1) is 9.26. The van der Waals surface area contributed by atoms with Gasteiger partial charge in [0.1, 0.15) is 0 Å². The van der Waals surface area contributed by atoms with Crippen molar-refractivity contribution in [1.29, 1.82) is 0 Å². The number of hydrogen-bond donors (Lipinski definition) is 1. The summed E-state index contributed by atoms with van der Waals surface area (Å²) in [7, 11) is 0. The summed E-state index contributed by atoms with van der Waals surface area (Å²) in [6.45, 7) is 0.392. The molecular formula is C7H13F2NS. The van der Waals surface area contributed by atoms with E-state index >= 15 is 0 Å². The topological polar surface area (TPSA) is 26.0 Å². The van der Waals surface area contributed by atoms with Gasteiger partial charge in [-0.25, -0.2) is 8.78 Å². The van der Waals surface area contributed by atoms with Crippen LogP contribution >= 0.6 is 11.8 Å². The predicted octanol–water partition coefficient (Wildman–Crippen LogP) is 1.72.